The van der Waals surface area contributed by atoms with E-state index in [-0.39, 0.29) is 28.5 Å². The number of fused-ring (bicyclic) bond motifs is 1. The summed E-state index contributed by atoms with van der Waals surface area (Å²) < 4.78 is 0. The molecule has 1 amide bonds. The molecule has 6 nitrogen and oxygen atoms in total. The molecule has 0 radical (unpaired) electrons. The summed E-state index contributed by atoms with van der Waals surface area (Å²) in [5.74, 6) is -1.10. The highest BCUT2D eigenvalue weighted by molar-refractivity contribution is 5.94. The van der Waals surface area contributed by atoms with Crippen molar-refractivity contribution in [2.75, 3.05) is 13.1 Å². The Balaban J connectivity index is 1.56. The Morgan fingerprint density at radius 1 is 1.11 bits per heavy atom. The van der Waals surface area contributed by atoms with Gasteiger partial charge in [-0.15, -0.1) is 0 Å². The topological polar surface area (TPSA) is 90.5 Å². The zero-order chi connectivity index (χ0) is 19.7. The third kappa shape index (κ3) is 3.59. The second-order valence-electron chi connectivity index (χ2n) is 7.74. The van der Waals surface area contributed by atoms with Gasteiger partial charge in [-0.05, 0) is 67.9 Å². The van der Waals surface area contributed by atoms with Gasteiger partial charge in [0, 0.05) is 24.7 Å². The second kappa shape index (κ2) is 7.62. The summed E-state index contributed by atoms with van der Waals surface area (Å²) >= 11 is 0. The second-order valence-corrected chi connectivity index (χ2v) is 7.74. The molecule has 0 bridgehead atoms. The van der Waals surface area contributed by atoms with Gasteiger partial charge in [0.1, 0.15) is 5.56 Å². The molecule has 1 atom stereocenters. The van der Waals surface area contributed by atoms with Gasteiger partial charge in [-0.3, -0.25) is 9.59 Å². The van der Waals surface area contributed by atoms with Gasteiger partial charge in [-0.25, -0.2) is 4.79 Å². The number of nitrogens with one attached hydrogen (secondary N) is 1. The molecule has 1 aliphatic carbocycles. The van der Waals surface area contributed by atoms with Crippen LogP contribution in [0.25, 0.3) is 0 Å². The van der Waals surface area contributed by atoms with Crippen molar-refractivity contribution < 1.29 is 14.7 Å². The highest BCUT2D eigenvalue weighted by Gasteiger charge is 2.28. The summed E-state index contributed by atoms with van der Waals surface area (Å²) in [5, 5.41) is 9.22. The van der Waals surface area contributed by atoms with Crippen LogP contribution in [-0.2, 0) is 12.8 Å². The highest BCUT2D eigenvalue weighted by atomic mass is 16.4. The van der Waals surface area contributed by atoms with Crippen LogP contribution in [0.3, 0.4) is 0 Å². The van der Waals surface area contributed by atoms with E-state index in [0.29, 0.717) is 13.1 Å². The van der Waals surface area contributed by atoms with E-state index in [9.17, 15) is 19.5 Å². The van der Waals surface area contributed by atoms with Crippen molar-refractivity contribution in [3.05, 3.63) is 68.6 Å². The zero-order valence-corrected chi connectivity index (χ0v) is 15.7. The summed E-state index contributed by atoms with van der Waals surface area (Å²) in [6.07, 6.45) is 5.64. The van der Waals surface area contributed by atoms with Crippen molar-refractivity contribution in [2.24, 2.45) is 0 Å². The molecule has 4 rings (SSSR count). The van der Waals surface area contributed by atoms with Crippen LogP contribution in [0.4, 0.5) is 0 Å². The summed E-state index contributed by atoms with van der Waals surface area (Å²) in [6.45, 7) is 1.11. The van der Waals surface area contributed by atoms with E-state index in [4.69, 9.17) is 0 Å². The van der Waals surface area contributed by atoms with Gasteiger partial charge >= 0.3 is 5.97 Å². The summed E-state index contributed by atoms with van der Waals surface area (Å²) in [6, 6.07) is 8.70. The third-order valence-electron chi connectivity index (χ3n) is 5.88. The number of benzene rings is 1. The van der Waals surface area contributed by atoms with Crippen molar-refractivity contribution in [2.45, 2.75) is 44.4 Å². The number of aromatic amines is 1. The molecule has 0 saturated carbocycles. The predicted octanol–water partition coefficient (Wildman–Crippen LogP) is 2.97. The fourth-order valence-electron chi connectivity index (χ4n) is 4.36. The number of carbonyl (C=O) groups excluding carboxylic acids is 1. The lowest BCUT2D eigenvalue weighted by Crippen LogP contribution is -2.41. The SMILES string of the molecule is O=C(O)c1cccc([C@H]2CCCN(C(=O)c3cc4c([nH]c3=O)CCCC4)C2)c1. The number of likely N-dealkylation sites (tertiary alicyclic amines) is 1. The highest BCUT2D eigenvalue weighted by Crippen LogP contribution is 2.28. The minimum Gasteiger partial charge on any atom is -0.478 e. The molecular weight excluding hydrogens is 356 g/mol. The van der Waals surface area contributed by atoms with E-state index >= 15 is 0 Å². The Morgan fingerprint density at radius 2 is 1.93 bits per heavy atom. The van der Waals surface area contributed by atoms with E-state index < -0.39 is 5.97 Å². The number of rotatable bonds is 3. The van der Waals surface area contributed by atoms with Gasteiger partial charge in [-0.1, -0.05) is 12.1 Å². The van der Waals surface area contributed by atoms with Crippen LogP contribution in [0.5, 0.6) is 0 Å². The quantitative estimate of drug-likeness (QED) is 0.857. The van der Waals surface area contributed by atoms with Crippen molar-refractivity contribution >= 4 is 11.9 Å². The van der Waals surface area contributed by atoms with Crippen molar-refractivity contribution in [1.29, 1.82) is 0 Å². The first kappa shape index (κ1) is 18.5. The van der Waals surface area contributed by atoms with E-state index in [1.807, 2.05) is 6.07 Å². The maximum absolute atomic E-state index is 13.1. The zero-order valence-electron chi connectivity index (χ0n) is 15.7. The monoisotopic (exact) mass is 380 g/mol. The summed E-state index contributed by atoms with van der Waals surface area (Å²) in [7, 11) is 0. The first-order valence-electron chi connectivity index (χ1n) is 9.90. The summed E-state index contributed by atoms with van der Waals surface area (Å²) in [4.78, 5) is 41.4. The number of piperidine rings is 1. The fraction of sp³-hybridized carbons (Fsp3) is 0.409. The van der Waals surface area contributed by atoms with Gasteiger partial charge in [0.25, 0.3) is 11.5 Å². The number of hydrogen-bond acceptors (Lipinski definition) is 3. The first-order chi connectivity index (χ1) is 13.5. The number of aromatic carboxylic acids is 1. The van der Waals surface area contributed by atoms with E-state index in [0.717, 1.165) is 55.3 Å². The maximum Gasteiger partial charge on any atom is 0.335 e. The number of pyridine rings is 1. The Bertz CT molecular complexity index is 979. The number of nitrogens with zero attached hydrogens (tertiary/aromatic N) is 1. The lowest BCUT2D eigenvalue weighted by molar-refractivity contribution is 0.0687. The lowest BCUT2D eigenvalue weighted by Gasteiger charge is -2.33. The summed E-state index contributed by atoms with van der Waals surface area (Å²) in [5.41, 5.74) is 3.15. The third-order valence-corrected chi connectivity index (χ3v) is 5.88. The molecule has 0 unspecified atom stereocenters. The smallest absolute Gasteiger partial charge is 0.335 e. The van der Waals surface area contributed by atoms with Crippen molar-refractivity contribution in [3.63, 3.8) is 0 Å². The predicted molar refractivity (Wildman–Crippen MR) is 105 cm³/mol. The van der Waals surface area contributed by atoms with Crippen LogP contribution in [0, 0.1) is 0 Å². The number of aromatic nitrogens is 1. The Morgan fingerprint density at radius 3 is 2.75 bits per heavy atom. The average molecular weight is 380 g/mol. The van der Waals surface area contributed by atoms with Gasteiger partial charge in [0.2, 0.25) is 0 Å². The molecule has 1 fully saturated rings. The molecular formula is C22H24N2O4. The number of aryl methyl sites for hydroxylation is 2. The molecule has 1 aromatic carbocycles. The van der Waals surface area contributed by atoms with E-state index in [1.54, 1.807) is 29.2 Å². The molecule has 1 aliphatic heterocycles. The molecule has 2 heterocycles. The van der Waals surface area contributed by atoms with E-state index in [1.165, 1.54) is 0 Å². The molecule has 2 aliphatic rings. The number of carboxylic acid groups (broad SMARTS) is 1. The van der Waals surface area contributed by atoms with Gasteiger partial charge in [0.15, 0.2) is 0 Å². The van der Waals surface area contributed by atoms with Crippen molar-refractivity contribution in [1.82, 2.24) is 9.88 Å². The average Bonchev–Trinajstić information content (AvgIpc) is 2.73. The maximum atomic E-state index is 13.1. The van der Waals surface area contributed by atoms with Crippen molar-refractivity contribution in [3.8, 4) is 0 Å². The molecule has 1 aromatic heterocycles. The van der Waals surface area contributed by atoms with Gasteiger partial charge < -0.3 is 15.0 Å². The number of hydrogen-bond donors (Lipinski definition) is 2. The van der Waals surface area contributed by atoms with E-state index in [2.05, 4.69) is 4.98 Å². The van der Waals surface area contributed by atoms with Gasteiger partial charge in [0.05, 0.1) is 5.56 Å². The van der Waals surface area contributed by atoms with Gasteiger partial charge in [-0.2, -0.15) is 0 Å². The van der Waals surface area contributed by atoms with Crippen LogP contribution < -0.4 is 5.56 Å². The lowest BCUT2D eigenvalue weighted by atomic mass is 9.89. The van der Waals surface area contributed by atoms with Crippen LogP contribution in [-0.4, -0.2) is 40.0 Å². The molecule has 2 aromatic rings. The molecule has 28 heavy (non-hydrogen) atoms. The molecule has 0 spiro atoms. The van der Waals surface area contributed by atoms with Crippen LogP contribution >= 0.6 is 0 Å². The number of carboxylic acids is 1. The Kier molecular flexibility index (Phi) is 5.03. The normalized spacial score (nSPS) is 19.1. The molecule has 6 heteroatoms. The number of carbonyl (C=O) groups is 2. The largest absolute Gasteiger partial charge is 0.478 e. The van der Waals surface area contributed by atoms with Crippen LogP contribution in [0.2, 0.25) is 0 Å². The minimum atomic E-state index is -0.953. The van der Waals surface area contributed by atoms with Crippen LogP contribution in [0.1, 0.15) is 69.1 Å². The number of H-pyrrole nitrogens is 1. The standard InChI is InChI=1S/C22H24N2O4/c25-20-18(12-15-5-1-2-9-19(15)23-20)21(26)24-10-4-8-17(13-24)14-6-3-7-16(11-14)22(27)28/h3,6-7,11-12,17H,1-2,4-5,8-10,13H2,(H,23,25)(H,27,28)/t17-/m0/s1. The minimum absolute atomic E-state index is 0.0775. The Labute approximate surface area is 163 Å². The van der Waals surface area contributed by atoms with Crippen LogP contribution in [0.15, 0.2) is 35.1 Å². The fourth-order valence-corrected chi connectivity index (χ4v) is 4.36. The molecule has 2 N–H and O–H groups in total. The Hall–Kier alpha value is -2.89. The number of amides is 1. The molecule has 1 saturated heterocycles. The molecule has 146 valence electrons. The first-order valence-corrected chi connectivity index (χ1v) is 9.90.